The first kappa shape index (κ1) is 15.1. The summed E-state index contributed by atoms with van der Waals surface area (Å²) in [5, 5.41) is 18.4. The van der Waals surface area contributed by atoms with Gasteiger partial charge in [-0.1, -0.05) is 0 Å². The zero-order valence-corrected chi connectivity index (χ0v) is 10.2. The van der Waals surface area contributed by atoms with Gasteiger partial charge in [0.25, 0.3) is 0 Å². The number of hydrogen-bond donors (Lipinski definition) is 2. The molecule has 104 valence electrons. The molecule has 0 aliphatic rings. The van der Waals surface area contributed by atoms with Gasteiger partial charge < -0.3 is 15.6 Å². The van der Waals surface area contributed by atoms with Gasteiger partial charge in [-0.05, 0) is 24.6 Å². The lowest BCUT2D eigenvalue weighted by atomic mass is 10.0. The zero-order chi connectivity index (χ0) is 14.6. The first-order valence-electron chi connectivity index (χ1n) is 5.49. The first-order chi connectivity index (χ1) is 8.81. The quantitative estimate of drug-likeness (QED) is 0.883. The molecule has 3 N–H and O–H groups in total. The molecule has 1 rings (SSSR count). The number of nitrogens with two attached hydrogens (primary N) is 1. The molecule has 0 bridgehead atoms. The minimum Gasteiger partial charge on any atom is -0.504 e. The average molecular weight is 274 g/mol. The van der Waals surface area contributed by atoms with E-state index in [-0.39, 0.29) is 18.8 Å². The number of alkyl halides is 3. The van der Waals surface area contributed by atoms with E-state index < -0.39 is 23.5 Å². The molecule has 19 heavy (non-hydrogen) atoms. The van der Waals surface area contributed by atoms with Gasteiger partial charge in [0.05, 0.1) is 19.1 Å². The van der Waals surface area contributed by atoms with Crippen LogP contribution < -0.4 is 10.5 Å². The predicted molar refractivity (Wildman–Crippen MR) is 61.6 cm³/mol. The van der Waals surface area contributed by atoms with Crippen LogP contribution in [0.5, 0.6) is 11.5 Å². The normalized spacial score (nSPS) is 12.8. The van der Waals surface area contributed by atoms with Crippen molar-refractivity contribution in [3.8, 4) is 17.6 Å². The van der Waals surface area contributed by atoms with E-state index in [1.54, 1.807) is 6.92 Å². The van der Waals surface area contributed by atoms with E-state index in [1.165, 1.54) is 6.07 Å². The van der Waals surface area contributed by atoms with E-state index in [4.69, 9.17) is 15.7 Å². The van der Waals surface area contributed by atoms with Crippen molar-refractivity contribution in [2.45, 2.75) is 25.6 Å². The Hall–Kier alpha value is -1.94. The molecule has 0 fully saturated rings. The Kier molecular flexibility index (Phi) is 4.62. The Bertz CT molecular complexity index is 495. The molecular formula is C12H13F3N2O2. The van der Waals surface area contributed by atoms with Gasteiger partial charge in [0.15, 0.2) is 11.5 Å². The summed E-state index contributed by atoms with van der Waals surface area (Å²) in [7, 11) is 0. The summed E-state index contributed by atoms with van der Waals surface area (Å²) in [5.74, 6) is -0.752. The van der Waals surface area contributed by atoms with E-state index in [0.29, 0.717) is 5.56 Å². The highest BCUT2D eigenvalue weighted by Gasteiger charge is 2.40. The molecule has 0 aromatic heterocycles. The van der Waals surface area contributed by atoms with E-state index in [0.717, 1.165) is 6.07 Å². The Morgan fingerprint density at radius 3 is 2.58 bits per heavy atom. The number of benzene rings is 1. The molecule has 0 saturated heterocycles. The van der Waals surface area contributed by atoms with Crippen molar-refractivity contribution in [3.63, 3.8) is 0 Å². The number of aromatic hydroxyl groups is 1. The molecule has 0 radical (unpaired) electrons. The maximum atomic E-state index is 12.6. The Labute approximate surface area is 108 Å². The Morgan fingerprint density at radius 2 is 2.11 bits per heavy atom. The highest BCUT2D eigenvalue weighted by atomic mass is 19.4. The molecule has 0 spiro atoms. The molecule has 4 nitrogen and oxygen atoms in total. The Morgan fingerprint density at radius 1 is 1.47 bits per heavy atom. The molecule has 0 aliphatic carbocycles. The second-order valence-corrected chi connectivity index (χ2v) is 3.82. The van der Waals surface area contributed by atoms with E-state index in [1.807, 2.05) is 6.07 Å². The number of nitriles is 1. The van der Waals surface area contributed by atoms with Crippen LogP contribution in [-0.2, 0) is 6.42 Å². The van der Waals surface area contributed by atoms with Gasteiger partial charge in [-0.2, -0.15) is 18.4 Å². The fourth-order valence-corrected chi connectivity index (χ4v) is 1.56. The molecule has 1 atom stereocenters. The minimum absolute atomic E-state index is 0.0993. The lowest BCUT2D eigenvalue weighted by Gasteiger charge is -2.19. The van der Waals surface area contributed by atoms with Crippen molar-refractivity contribution in [1.82, 2.24) is 0 Å². The first-order valence-corrected chi connectivity index (χ1v) is 5.49. The summed E-state index contributed by atoms with van der Waals surface area (Å²) in [4.78, 5) is 0. The summed E-state index contributed by atoms with van der Waals surface area (Å²) in [6, 6.07) is 1.89. The monoisotopic (exact) mass is 274 g/mol. The lowest BCUT2D eigenvalue weighted by Crippen LogP contribution is -2.28. The predicted octanol–water partition coefficient (Wildman–Crippen LogP) is 2.42. The van der Waals surface area contributed by atoms with Crippen LogP contribution >= 0.6 is 0 Å². The molecular weight excluding hydrogens is 261 g/mol. The third-order valence-corrected chi connectivity index (χ3v) is 2.43. The summed E-state index contributed by atoms with van der Waals surface area (Å²) in [6.07, 6.45) is -4.79. The number of halogens is 3. The van der Waals surface area contributed by atoms with Gasteiger partial charge in [-0.3, -0.25) is 0 Å². The fourth-order valence-electron chi connectivity index (χ4n) is 1.56. The molecule has 1 aromatic rings. The van der Waals surface area contributed by atoms with Gasteiger partial charge >= 0.3 is 6.18 Å². The van der Waals surface area contributed by atoms with Gasteiger partial charge in [-0.25, -0.2) is 0 Å². The Balaban J connectivity index is 3.33. The maximum Gasteiger partial charge on any atom is 0.407 e. The smallest absolute Gasteiger partial charge is 0.407 e. The third-order valence-electron chi connectivity index (χ3n) is 2.43. The molecule has 0 heterocycles. The zero-order valence-electron chi connectivity index (χ0n) is 10.2. The highest BCUT2D eigenvalue weighted by Crippen LogP contribution is 2.40. The molecule has 0 unspecified atom stereocenters. The van der Waals surface area contributed by atoms with Crippen LogP contribution in [0.1, 0.15) is 24.1 Å². The second-order valence-electron chi connectivity index (χ2n) is 3.82. The van der Waals surface area contributed by atoms with Crippen molar-refractivity contribution in [3.05, 3.63) is 23.3 Å². The van der Waals surface area contributed by atoms with Crippen molar-refractivity contribution in [1.29, 1.82) is 5.26 Å². The highest BCUT2D eigenvalue weighted by molar-refractivity contribution is 5.50. The topological polar surface area (TPSA) is 79.3 Å². The third kappa shape index (κ3) is 3.51. The minimum atomic E-state index is -4.69. The number of nitrogens with zero attached hydrogens (tertiary/aromatic N) is 1. The van der Waals surface area contributed by atoms with Crippen molar-refractivity contribution < 1.29 is 23.0 Å². The van der Waals surface area contributed by atoms with Crippen molar-refractivity contribution in [2.75, 3.05) is 6.61 Å². The lowest BCUT2D eigenvalue weighted by molar-refractivity contribution is -0.149. The number of ether oxygens (including phenoxy) is 1. The van der Waals surface area contributed by atoms with E-state index in [2.05, 4.69) is 0 Å². The number of rotatable bonds is 4. The second kappa shape index (κ2) is 5.80. The molecule has 0 aliphatic heterocycles. The summed E-state index contributed by atoms with van der Waals surface area (Å²) < 4.78 is 42.9. The molecule has 0 amide bonds. The fraction of sp³-hybridized carbons (Fsp3) is 0.417. The molecule has 0 saturated carbocycles. The van der Waals surface area contributed by atoms with Gasteiger partial charge in [-0.15, -0.1) is 0 Å². The largest absolute Gasteiger partial charge is 0.504 e. The number of phenols is 1. The van der Waals surface area contributed by atoms with Crippen LogP contribution in [0.4, 0.5) is 13.2 Å². The van der Waals surface area contributed by atoms with E-state index in [9.17, 15) is 18.3 Å². The summed E-state index contributed by atoms with van der Waals surface area (Å²) in [5.41, 5.74) is 4.89. The van der Waals surface area contributed by atoms with Crippen LogP contribution in [0, 0.1) is 11.3 Å². The van der Waals surface area contributed by atoms with E-state index >= 15 is 0 Å². The van der Waals surface area contributed by atoms with Crippen LogP contribution in [0.15, 0.2) is 12.1 Å². The standard InChI is InChI=1S/C12H13F3N2O2/c1-2-19-9-6-7(3-4-16)5-8(10(9)18)11(17)12(13,14)15/h5-6,11,18H,2-3,17H2,1H3/t11-/m1/s1. The van der Waals surface area contributed by atoms with Crippen LogP contribution in [0.2, 0.25) is 0 Å². The molecule has 7 heteroatoms. The van der Waals surface area contributed by atoms with Crippen molar-refractivity contribution in [2.24, 2.45) is 5.73 Å². The SMILES string of the molecule is CCOc1cc(CC#N)cc([C@@H](N)C(F)(F)F)c1O. The van der Waals surface area contributed by atoms with Crippen molar-refractivity contribution >= 4 is 0 Å². The summed E-state index contributed by atoms with van der Waals surface area (Å²) in [6.45, 7) is 1.80. The molecule has 1 aromatic carbocycles. The average Bonchev–Trinajstić information content (AvgIpc) is 2.31. The number of phenolic OH excluding ortho intramolecular Hbond substituents is 1. The number of hydrogen-bond acceptors (Lipinski definition) is 4. The maximum absolute atomic E-state index is 12.6. The van der Waals surface area contributed by atoms with Crippen LogP contribution in [0.3, 0.4) is 0 Å². The summed E-state index contributed by atoms with van der Waals surface area (Å²) >= 11 is 0. The van der Waals surface area contributed by atoms with Crippen LogP contribution in [0.25, 0.3) is 0 Å². The van der Waals surface area contributed by atoms with Gasteiger partial charge in [0.2, 0.25) is 0 Å². The van der Waals surface area contributed by atoms with Gasteiger partial charge in [0, 0.05) is 5.56 Å². The van der Waals surface area contributed by atoms with Crippen LogP contribution in [-0.4, -0.2) is 17.9 Å². The van der Waals surface area contributed by atoms with Gasteiger partial charge in [0.1, 0.15) is 6.04 Å².